The third kappa shape index (κ3) is 3.46. The zero-order valence-corrected chi connectivity index (χ0v) is 12.0. The molecule has 106 valence electrons. The summed E-state index contributed by atoms with van der Waals surface area (Å²) >= 11 is 0. The van der Waals surface area contributed by atoms with E-state index < -0.39 is 10.0 Å². The minimum atomic E-state index is -3.46. The summed E-state index contributed by atoms with van der Waals surface area (Å²) in [5, 5.41) is 0. The van der Waals surface area contributed by atoms with Crippen LogP contribution < -0.4 is 10.5 Å². The van der Waals surface area contributed by atoms with E-state index in [1.807, 2.05) is 0 Å². The molecule has 1 aromatic carbocycles. The first-order valence-corrected chi connectivity index (χ1v) is 8.10. The molecule has 5 nitrogen and oxygen atoms in total. The average molecular weight is 283 g/mol. The number of hydrogen-bond acceptors (Lipinski definition) is 4. The molecule has 0 unspecified atom stereocenters. The maximum atomic E-state index is 12.2. The van der Waals surface area contributed by atoms with Crippen molar-refractivity contribution in [3.8, 4) is 0 Å². The van der Waals surface area contributed by atoms with Gasteiger partial charge in [-0.1, -0.05) is 13.0 Å². The van der Waals surface area contributed by atoms with E-state index in [9.17, 15) is 8.42 Å². The minimum Gasteiger partial charge on any atom is -0.399 e. The first-order chi connectivity index (χ1) is 9.03. The van der Waals surface area contributed by atoms with Gasteiger partial charge in [0.15, 0.2) is 0 Å². The fourth-order valence-electron chi connectivity index (χ4n) is 2.51. The lowest BCUT2D eigenvalue weighted by Gasteiger charge is -2.22. The van der Waals surface area contributed by atoms with Gasteiger partial charge < -0.3 is 5.73 Å². The molecule has 1 aliphatic heterocycles. The molecular weight excluding hydrogens is 262 g/mol. The summed E-state index contributed by atoms with van der Waals surface area (Å²) in [4.78, 5) is 2.54. The van der Waals surface area contributed by atoms with Crippen molar-refractivity contribution in [1.82, 2.24) is 9.62 Å². The van der Waals surface area contributed by atoms with Gasteiger partial charge in [-0.05, 0) is 44.1 Å². The molecule has 3 N–H and O–H groups in total. The van der Waals surface area contributed by atoms with E-state index in [1.54, 1.807) is 18.2 Å². The van der Waals surface area contributed by atoms with E-state index in [1.165, 1.54) is 6.07 Å². The number of likely N-dealkylation sites (N-methyl/N-ethyl adjacent to an activating group) is 1. The SMILES string of the molecule is CCN1CCC[C@H]1CNS(=O)(=O)c1cccc(N)c1. The van der Waals surface area contributed by atoms with Crippen molar-refractivity contribution in [3.05, 3.63) is 24.3 Å². The predicted octanol–water partition coefficient (Wildman–Crippen LogP) is 1.03. The van der Waals surface area contributed by atoms with E-state index in [4.69, 9.17) is 5.73 Å². The summed E-state index contributed by atoms with van der Waals surface area (Å²) in [5.41, 5.74) is 6.07. The molecule has 1 aromatic rings. The quantitative estimate of drug-likeness (QED) is 0.792. The van der Waals surface area contributed by atoms with Gasteiger partial charge in [-0.25, -0.2) is 13.1 Å². The van der Waals surface area contributed by atoms with Gasteiger partial charge in [0.1, 0.15) is 0 Å². The van der Waals surface area contributed by atoms with Crippen LogP contribution in [-0.2, 0) is 10.0 Å². The summed E-state index contributed by atoms with van der Waals surface area (Å²) < 4.78 is 27.0. The highest BCUT2D eigenvalue weighted by atomic mass is 32.2. The molecule has 0 spiro atoms. The highest BCUT2D eigenvalue weighted by Gasteiger charge is 2.25. The summed E-state index contributed by atoms with van der Waals surface area (Å²) in [6, 6.07) is 6.67. The Hall–Kier alpha value is -1.11. The van der Waals surface area contributed by atoms with Gasteiger partial charge >= 0.3 is 0 Å². The molecule has 2 rings (SSSR count). The van der Waals surface area contributed by atoms with E-state index in [2.05, 4.69) is 16.5 Å². The molecule has 6 heteroatoms. The zero-order chi connectivity index (χ0) is 13.9. The number of rotatable bonds is 5. The third-order valence-electron chi connectivity index (χ3n) is 3.58. The average Bonchev–Trinajstić information content (AvgIpc) is 2.84. The van der Waals surface area contributed by atoms with E-state index in [-0.39, 0.29) is 4.90 Å². The fourth-order valence-corrected chi connectivity index (χ4v) is 3.64. The Morgan fingerprint density at radius 2 is 2.26 bits per heavy atom. The fraction of sp³-hybridized carbons (Fsp3) is 0.538. The lowest BCUT2D eigenvalue weighted by Crippen LogP contribution is -2.39. The number of nitrogens with zero attached hydrogens (tertiary/aromatic N) is 1. The van der Waals surface area contributed by atoms with Crippen molar-refractivity contribution in [2.24, 2.45) is 0 Å². The molecular formula is C13H21N3O2S. The second kappa shape index (κ2) is 5.90. The van der Waals surface area contributed by atoms with Gasteiger partial charge in [0.25, 0.3) is 0 Å². The van der Waals surface area contributed by atoms with E-state index in [0.29, 0.717) is 18.3 Å². The normalized spacial score (nSPS) is 20.8. The van der Waals surface area contributed by atoms with Crippen LogP contribution in [-0.4, -0.2) is 39.0 Å². The lowest BCUT2D eigenvalue weighted by atomic mass is 10.2. The van der Waals surface area contributed by atoms with Crippen LogP contribution in [0, 0.1) is 0 Å². The van der Waals surface area contributed by atoms with Crippen LogP contribution in [0.5, 0.6) is 0 Å². The van der Waals surface area contributed by atoms with Crippen molar-refractivity contribution < 1.29 is 8.42 Å². The van der Waals surface area contributed by atoms with Crippen LogP contribution in [0.15, 0.2) is 29.2 Å². The Morgan fingerprint density at radius 1 is 1.47 bits per heavy atom. The van der Waals surface area contributed by atoms with Gasteiger partial charge in [-0.2, -0.15) is 0 Å². The molecule has 1 saturated heterocycles. The molecule has 1 fully saturated rings. The van der Waals surface area contributed by atoms with Crippen LogP contribution in [0.4, 0.5) is 5.69 Å². The van der Waals surface area contributed by atoms with E-state index in [0.717, 1.165) is 25.9 Å². The number of anilines is 1. The minimum absolute atomic E-state index is 0.230. The van der Waals surface area contributed by atoms with Crippen molar-refractivity contribution in [1.29, 1.82) is 0 Å². The Kier molecular flexibility index (Phi) is 4.44. The molecule has 0 amide bonds. The number of nitrogens with one attached hydrogen (secondary N) is 1. The van der Waals surface area contributed by atoms with Crippen LogP contribution in [0.25, 0.3) is 0 Å². The molecule has 0 aromatic heterocycles. The maximum Gasteiger partial charge on any atom is 0.240 e. The van der Waals surface area contributed by atoms with Crippen LogP contribution in [0.2, 0.25) is 0 Å². The van der Waals surface area contributed by atoms with Gasteiger partial charge in [0, 0.05) is 18.3 Å². The zero-order valence-electron chi connectivity index (χ0n) is 11.2. The van der Waals surface area contributed by atoms with Gasteiger partial charge in [0.05, 0.1) is 4.90 Å². The van der Waals surface area contributed by atoms with Crippen LogP contribution >= 0.6 is 0 Å². The highest BCUT2D eigenvalue weighted by molar-refractivity contribution is 7.89. The summed E-state index contributed by atoms with van der Waals surface area (Å²) in [6.45, 7) is 4.58. The predicted molar refractivity (Wildman–Crippen MR) is 76.3 cm³/mol. The second-order valence-corrected chi connectivity index (χ2v) is 6.62. The first kappa shape index (κ1) is 14.3. The standard InChI is InChI=1S/C13H21N3O2S/c1-2-16-8-4-6-12(16)10-15-19(17,18)13-7-3-5-11(14)9-13/h3,5,7,9,12,15H,2,4,6,8,10,14H2,1H3/t12-/m0/s1. The van der Waals surface area contributed by atoms with Gasteiger partial charge in [-0.15, -0.1) is 0 Å². The molecule has 1 aliphatic rings. The molecule has 0 aliphatic carbocycles. The summed E-state index contributed by atoms with van der Waals surface area (Å²) in [7, 11) is -3.46. The topological polar surface area (TPSA) is 75.4 Å². The number of nitrogen functional groups attached to an aromatic ring is 1. The number of nitrogens with two attached hydrogens (primary N) is 1. The number of likely N-dealkylation sites (tertiary alicyclic amines) is 1. The number of benzene rings is 1. The van der Waals surface area contributed by atoms with Crippen LogP contribution in [0.3, 0.4) is 0 Å². The third-order valence-corrected chi connectivity index (χ3v) is 5.00. The van der Waals surface area contributed by atoms with Gasteiger partial charge in [-0.3, -0.25) is 4.90 Å². The van der Waals surface area contributed by atoms with E-state index >= 15 is 0 Å². The van der Waals surface area contributed by atoms with Crippen molar-refractivity contribution in [2.75, 3.05) is 25.4 Å². The number of hydrogen-bond donors (Lipinski definition) is 2. The van der Waals surface area contributed by atoms with Crippen LogP contribution in [0.1, 0.15) is 19.8 Å². The van der Waals surface area contributed by atoms with Gasteiger partial charge in [0.2, 0.25) is 10.0 Å². The Balaban J connectivity index is 2.02. The molecule has 0 bridgehead atoms. The summed E-state index contributed by atoms with van der Waals surface area (Å²) in [6.07, 6.45) is 2.19. The second-order valence-electron chi connectivity index (χ2n) is 4.85. The monoisotopic (exact) mass is 283 g/mol. The highest BCUT2D eigenvalue weighted by Crippen LogP contribution is 2.17. The smallest absolute Gasteiger partial charge is 0.240 e. The molecule has 1 atom stereocenters. The maximum absolute atomic E-state index is 12.2. The van der Waals surface area contributed by atoms with Crippen molar-refractivity contribution in [3.63, 3.8) is 0 Å². The molecule has 0 radical (unpaired) electrons. The Bertz CT molecular complexity index is 530. The Morgan fingerprint density at radius 3 is 2.95 bits per heavy atom. The number of sulfonamides is 1. The molecule has 1 heterocycles. The molecule has 0 saturated carbocycles. The van der Waals surface area contributed by atoms with Crippen molar-refractivity contribution in [2.45, 2.75) is 30.7 Å². The molecule has 19 heavy (non-hydrogen) atoms. The Labute approximate surface area is 114 Å². The van der Waals surface area contributed by atoms with Crippen molar-refractivity contribution >= 4 is 15.7 Å². The first-order valence-electron chi connectivity index (χ1n) is 6.62. The summed E-state index contributed by atoms with van der Waals surface area (Å²) in [5.74, 6) is 0. The largest absolute Gasteiger partial charge is 0.399 e. The lowest BCUT2D eigenvalue weighted by molar-refractivity contribution is 0.268.